The van der Waals surface area contributed by atoms with E-state index in [0.29, 0.717) is 18.4 Å². The molecule has 6 nitrogen and oxygen atoms in total. The van der Waals surface area contributed by atoms with E-state index >= 15 is 0 Å². The molecule has 0 unspecified atom stereocenters. The number of ether oxygens (including phenoxy) is 1. The molecule has 1 aliphatic rings. The van der Waals surface area contributed by atoms with Gasteiger partial charge in [-0.1, -0.05) is 48.5 Å². The van der Waals surface area contributed by atoms with Crippen LogP contribution in [-0.2, 0) is 0 Å². The molecular weight excluding hydrogens is 470 g/mol. The van der Waals surface area contributed by atoms with Crippen LogP contribution in [0.1, 0.15) is 12.8 Å². The highest BCUT2D eigenvalue weighted by Gasteiger charge is 2.17. The molecule has 4 heterocycles. The second-order valence-electron chi connectivity index (χ2n) is 9.54. The van der Waals surface area contributed by atoms with Gasteiger partial charge in [0, 0.05) is 35.9 Å². The number of nitrogens with zero attached hydrogens (tertiary/aromatic N) is 4. The Bertz CT molecular complexity index is 1470. The zero-order valence-corrected chi connectivity index (χ0v) is 21.1. The molecule has 38 heavy (non-hydrogen) atoms. The van der Waals surface area contributed by atoms with Crippen molar-refractivity contribution in [3.8, 4) is 50.6 Å². The molecular formula is C32H29N5O. The maximum absolute atomic E-state index is 6.15. The molecule has 2 aromatic carbocycles. The first-order valence-corrected chi connectivity index (χ1v) is 13.1. The molecule has 0 amide bonds. The highest BCUT2D eigenvalue weighted by Crippen LogP contribution is 2.33. The quantitative estimate of drug-likeness (QED) is 0.283. The lowest BCUT2D eigenvalue weighted by Crippen LogP contribution is -2.30. The third-order valence-electron chi connectivity index (χ3n) is 7.02. The molecule has 1 fully saturated rings. The summed E-state index contributed by atoms with van der Waals surface area (Å²) in [4.78, 5) is 18.1. The number of hydrogen-bond donors (Lipinski definition) is 1. The number of rotatable bonds is 7. The molecule has 3 aromatic heterocycles. The predicted octanol–water partition coefficient (Wildman–Crippen LogP) is 6.31. The minimum absolute atomic E-state index is 0.543. The Balaban J connectivity index is 1.33. The maximum Gasteiger partial charge on any atom is 0.232 e. The fraction of sp³-hybridized carbons (Fsp3) is 0.188. The van der Waals surface area contributed by atoms with Crippen molar-refractivity contribution < 1.29 is 4.74 Å². The van der Waals surface area contributed by atoms with Crippen LogP contribution in [0.3, 0.4) is 0 Å². The van der Waals surface area contributed by atoms with E-state index < -0.39 is 0 Å². The van der Waals surface area contributed by atoms with Gasteiger partial charge in [-0.05, 0) is 78.4 Å². The fourth-order valence-electron chi connectivity index (χ4n) is 4.84. The van der Waals surface area contributed by atoms with E-state index in [1.165, 1.54) is 0 Å². The molecule has 1 aliphatic heterocycles. The van der Waals surface area contributed by atoms with E-state index in [2.05, 4.69) is 63.8 Å². The zero-order valence-electron chi connectivity index (χ0n) is 21.1. The van der Waals surface area contributed by atoms with Crippen molar-refractivity contribution in [1.29, 1.82) is 0 Å². The summed E-state index contributed by atoms with van der Waals surface area (Å²) in [6, 6.07) is 24.9. The van der Waals surface area contributed by atoms with E-state index in [0.717, 1.165) is 70.7 Å². The first kappa shape index (κ1) is 23.9. The van der Waals surface area contributed by atoms with Gasteiger partial charge in [-0.2, -0.15) is 0 Å². The number of hydrogen-bond acceptors (Lipinski definition) is 6. The van der Waals surface area contributed by atoms with Crippen molar-refractivity contribution in [2.75, 3.05) is 19.7 Å². The van der Waals surface area contributed by atoms with Crippen LogP contribution in [0.15, 0.2) is 104 Å². The molecule has 5 aromatic rings. The summed E-state index contributed by atoms with van der Waals surface area (Å²) in [7, 11) is 0. The second kappa shape index (κ2) is 11.3. The molecule has 6 heteroatoms. The topological polar surface area (TPSA) is 72.8 Å². The highest BCUT2D eigenvalue weighted by atomic mass is 16.5. The summed E-state index contributed by atoms with van der Waals surface area (Å²) in [5, 5.41) is 3.41. The van der Waals surface area contributed by atoms with Crippen molar-refractivity contribution >= 4 is 0 Å². The van der Waals surface area contributed by atoms with Crippen LogP contribution in [0, 0.1) is 5.92 Å². The van der Waals surface area contributed by atoms with Gasteiger partial charge >= 0.3 is 0 Å². The Kier molecular flexibility index (Phi) is 7.13. The van der Waals surface area contributed by atoms with Crippen molar-refractivity contribution in [1.82, 2.24) is 25.3 Å². The summed E-state index contributed by atoms with van der Waals surface area (Å²) in [6.45, 7) is 2.75. The fourth-order valence-corrected chi connectivity index (χ4v) is 4.84. The summed E-state index contributed by atoms with van der Waals surface area (Å²) < 4.78 is 6.15. The number of benzene rings is 2. The SMILES string of the molecule is c1cc(-c2ccc(-c3ncc(OCC4CCNCC4)nc3-c3ccc(-c4ccncc4)cc3)cc2)ccn1. The molecule has 188 valence electrons. The Morgan fingerprint density at radius 3 is 1.63 bits per heavy atom. The van der Waals surface area contributed by atoms with E-state index in [-0.39, 0.29) is 0 Å². The predicted molar refractivity (Wildman–Crippen MR) is 150 cm³/mol. The molecule has 0 aliphatic carbocycles. The Labute approximate surface area is 222 Å². The average Bonchev–Trinajstić information content (AvgIpc) is 3.01. The second-order valence-corrected chi connectivity index (χ2v) is 9.54. The first-order valence-electron chi connectivity index (χ1n) is 13.1. The number of nitrogens with one attached hydrogen (secondary N) is 1. The third kappa shape index (κ3) is 5.45. The lowest BCUT2D eigenvalue weighted by molar-refractivity contribution is 0.208. The molecule has 0 spiro atoms. The van der Waals surface area contributed by atoms with Crippen LogP contribution < -0.4 is 10.1 Å². The van der Waals surface area contributed by atoms with Crippen molar-refractivity contribution in [2.24, 2.45) is 5.92 Å². The lowest BCUT2D eigenvalue weighted by Gasteiger charge is -2.22. The standard InChI is InChI=1S/C32H29N5O/c1-5-28(6-2-24(1)26-11-17-34-18-12-26)31-32(29-7-3-25(4-8-29)27-13-19-35-20-14-27)37-30(21-36-31)38-22-23-9-15-33-16-10-23/h1-8,11-14,17-21,23,33H,9-10,15-16,22H2. The number of piperidine rings is 1. The van der Waals surface area contributed by atoms with Gasteiger partial charge < -0.3 is 10.1 Å². The van der Waals surface area contributed by atoms with E-state index in [1.54, 1.807) is 6.20 Å². The minimum Gasteiger partial charge on any atom is -0.476 e. The van der Waals surface area contributed by atoms with Crippen molar-refractivity contribution in [2.45, 2.75) is 12.8 Å². The van der Waals surface area contributed by atoms with Gasteiger partial charge in [0.15, 0.2) is 0 Å². The van der Waals surface area contributed by atoms with E-state index in [1.807, 2.05) is 49.1 Å². The molecule has 0 saturated carbocycles. The van der Waals surface area contributed by atoms with Crippen LogP contribution in [-0.4, -0.2) is 39.6 Å². The third-order valence-corrected chi connectivity index (χ3v) is 7.02. The van der Waals surface area contributed by atoms with Gasteiger partial charge in [0.25, 0.3) is 0 Å². The number of pyridine rings is 2. The molecule has 0 radical (unpaired) electrons. The van der Waals surface area contributed by atoms with Crippen LogP contribution in [0.25, 0.3) is 44.8 Å². The molecule has 0 bridgehead atoms. The first-order chi connectivity index (χ1) is 18.8. The normalized spacial score (nSPS) is 13.8. The van der Waals surface area contributed by atoms with E-state index in [4.69, 9.17) is 14.7 Å². The smallest absolute Gasteiger partial charge is 0.232 e. The Hall–Kier alpha value is -4.42. The van der Waals surface area contributed by atoms with Gasteiger partial charge in [0.1, 0.15) is 5.69 Å². The van der Waals surface area contributed by atoms with Crippen LogP contribution in [0.5, 0.6) is 5.88 Å². The van der Waals surface area contributed by atoms with Gasteiger partial charge in [0.2, 0.25) is 5.88 Å². The van der Waals surface area contributed by atoms with Gasteiger partial charge in [-0.3, -0.25) is 9.97 Å². The molecule has 1 N–H and O–H groups in total. The monoisotopic (exact) mass is 499 g/mol. The highest BCUT2D eigenvalue weighted by molar-refractivity contribution is 5.80. The summed E-state index contributed by atoms with van der Waals surface area (Å²) >= 11 is 0. The Morgan fingerprint density at radius 1 is 0.605 bits per heavy atom. The zero-order chi connectivity index (χ0) is 25.6. The molecule has 0 atom stereocenters. The maximum atomic E-state index is 6.15. The largest absolute Gasteiger partial charge is 0.476 e. The minimum atomic E-state index is 0.543. The summed E-state index contributed by atoms with van der Waals surface area (Å²) in [6.07, 6.45) is 11.2. The van der Waals surface area contributed by atoms with Crippen molar-refractivity contribution in [3.05, 3.63) is 104 Å². The summed E-state index contributed by atoms with van der Waals surface area (Å²) in [5.41, 5.74) is 8.17. The van der Waals surface area contributed by atoms with Gasteiger partial charge in [-0.15, -0.1) is 0 Å². The average molecular weight is 500 g/mol. The van der Waals surface area contributed by atoms with Crippen LogP contribution in [0.4, 0.5) is 0 Å². The van der Waals surface area contributed by atoms with Crippen LogP contribution >= 0.6 is 0 Å². The number of aromatic nitrogens is 4. The van der Waals surface area contributed by atoms with E-state index in [9.17, 15) is 0 Å². The molecule has 1 saturated heterocycles. The van der Waals surface area contributed by atoms with Crippen LogP contribution in [0.2, 0.25) is 0 Å². The summed E-state index contributed by atoms with van der Waals surface area (Å²) in [5.74, 6) is 1.11. The molecule has 6 rings (SSSR count). The Morgan fingerprint density at radius 2 is 1.08 bits per heavy atom. The van der Waals surface area contributed by atoms with Crippen molar-refractivity contribution in [3.63, 3.8) is 0 Å². The van der Waals surface area contributed by atoms with Gasteiger partial charge in [-0.25, -0.2) is 9.97 Å². The lowest BCUT2D eigenvalue weighted by atomic mass is 9.99. The van der Waals surface area contributed by atoms with Gasteiger partial charge in [0.05, 0.1) is 18.5 Å².